The molecule has 0 saturated heterocycles. The molecule has 0 aliphatic carbocycles. The molecular formula is C20H17N3O2S. The first-order valence-electron chi connectivity index (χ1n) is 7.96. The molecule has 0 unspecified atom stereocenters. The molecular weight excluding hydrogens is 346 g/mol. The highest BCUT2D eigenvalue weighted by Crippen LogP contribution is 2.27. The van der Waals surface area contributed by atoms with Crippen molar-refractivity contribution in [1.29, 1.82) is 5.26 Å². The molecule has 1 N–H and O–H groups in total. The summed E-state index contributed by atoms with van der Waals surface area (Å²) in [6.45, 7) is 3.64. The molecule has 1 aromatic heterocycles. The van der Waals surface area contributed by atoms with E-state index in [1.54, 1.807) is 31.2 Å². The van der Waals surface area contributed by atoms with E-state index in [9.17, 15) is 8.42 Å². The Morgan fingerprint density at radius 2 is 1.65 bits per heavy atom. The van der Waals surface area contributed by atoms with Gasteiger partial charge in [0.1, 0.15) is 4.90 Å². The molecule has 3 aromatic rings. The third-order valence-corrected chi connectivity index (χ3v) is 5.37. The summed E-state index contributed by atoms with van der Waals surface area (Å²) in [4.78, 5) is 4.16. The Hall–Kier alpha value is -3.17. The van der Waals surface area contributed by atoms with Gasteiger partial charge in [0.25, 0.3) is 10.0 Å². The van der Waals surface area contributed by atoms with Gasteiger partial charge in [-0.05, 0) is 60.9 Å². The van der Waals surface area contributed by atoms with Crippen LogP contribution in [-0.2, 0) is 10.0 Å². The summed E-state index contributed by atoms with van der Waals surface area (Å²) in [7, 11) is -3.72. The lowest BCUT2D eigenvalue weighted by Gasteiger charge is -2.12. The fraction of sp³-hybridized carbons (Fsp3) is 0.100. The molecule has 5 nitrogen and oxygen atoms in total. The first-order chi connectivity index (χ1) is 12.4. The summed E-state index contributed by atoms with van der Waals surface area (Å²) >= 11 is 0. The van der Waals surface area contributed by atoms with Gasteiger partial charge < -0.3 is 0 Å². The van der Waals surface area contributed by atoms with E-state index in [-0.39, 0.29) is 4.90 Å². The number of nitrogens with zero attached hydrogens (tertiary/aromatic N) is 2. The van der Waals surface area contributed by atoms with E-state index < -0.39 is 10.0 Å². The summed E-state index contributed by atoms with van der Waals surface area (Å²) in [5, 5.41) is 8.90. The van der Waals surface area contributed by atoms with Gasteiger partial charge in [-0.3, -0.25) is 9.71 Å². The number of anilines is 1. The largest absolute Gasteiger partial charge is 0.279 e. The van der Waals surface area contributed by atoms with Crippen molar-refractivity contribution in [1.82, 2.24) is 4.98 Å². The van der Waals surface area contributed by atoms with E-state index in [2.05, 4.69) is 15.8 Å². The SMILES string of the molecule is Cc1ccc(S(=O)(=O)Nc2cc(-c3ccc(C#N)cc3)ccc2C)cn1. The lowest BCUT2D eigenvalue weighted by atomic mass is 10.0. The van der Waals surface area contributed by atoms with Gasteiger partial charge in [0.15, 0.2) is 0 Å². The summed E-state index contributed by atoms with van der Waals surface area (Å²) in [5.74, 6) is 0. The lowest BCUT2D eigenvalue weighted by molar-refractivity contribution is 0.600. The van der Waals surface area contributed by atoms with Gasteiger partial charge in [-0.2, -0.15) is 5.26 Å². The van der Waals surface area contributed by atoms with Crippen molar-refractivity contribution in [2.45, 2.75) is 18.7 Å². The summed E-state index contributed by atoms with van der Waals surface area (Å²) in [6.07, 6.45) is 1.34. The zero-order valence-corrected chi connectivity index (χ0v) is 15.2. The van der Waals surface area contributed by atoms with Crippen LogP contribution in [0.15, 0.2) is 65.7 Å². The summed E-state index contributed by atoms with van der Waals surface area (Å²) in [5.41, 5.74) is 4.41. The number of pyridine rings is 1. The first kappa shape index (κ1) is 17.6. The second-order valence-electron chi connectivity index (χ2n) is 5.96. The summed E-state index contributed by atoms with van der Waals surface area (Å²) < 4.78 is 27.9. The Morgan fingerprint density at radius 1 is 0.962 bits per heavy atom. The maximum absolute atomic E-state index is 12.6. The molecule has 0 amide bonds. The zero-order valence-electron chi connectivity index (χ0n) is 14.4. The average molecular weight is 363 g/mol. The van der Waals surface area contributed by atoms with E-state index in [4.69, 9.17) is 5.26 Å². The van der Waals surface area contributed by atoms with Crippen LogP contribution in [0.5, 0.6) is 0 Å². The molecule has 1 heterocycles. The van der Waals surface area contributed by atoms with Gasteiger partial charge in [0, 0.05) is 11.9 Å². The molecule has 0 atom stereocenters. The molecule has 0 radical (unpaired) electrons. The third kappa shape index (κ3) is 3.73. The van der Waals surface area contributed by atoms with Crippen LogP contribution in [0.3, 0.4) is 0 Å². The predicted molar refractivity (Wildman–Crippen MR) is 101 cm³/mol. The second kappa shape index (κ2) is 6.98. The molecule has 0 aliphatic heterocycles. The van der Waals surface area contributed by atoms with Crippen LogP contribution in [0.2, 0.25) is 0 Å². The Balaban J connectivity index is 1.95. The summed E-state index contributed by atoms with van der Waals surface area (Å²) in [6, 6.07) is 18.0. The van der Waals surface area contributed by atoms with Gasteiger partial charge >= 0.3 is 0 Å². The Kier molecular flexibility index (Phi) is 4.74. The molecule has 0 fully saturated rings. The highest BCUT2D eigenvalue weighted by molar-refractivity contribution is 7.92. The van der Waals surface area contributed by atoms with Gasteiger partial charge in [0.2, 0.25) is 0 Å². The highest BCUT2D eigenvalue weighted by Gasteiger charge is 2.16. The van der Waals surface area contributed by atoms with Crippen LogP contribution in [0.1, 0.15) is 16.8 Å². The number of benzene rings is 2. The maximum Gasteiger partial charge on any atom is 0.263 e. The van der Waals surface area contributed by atoms with E-state index in [1.807, 2.05) is 31.2 Å². The van der Waals surface area contributed by atoms with Crippen LogP contribution in [0.4, 0.5) is 5.69 Å². The van der Waals surface area contributed by atoms with Crippen LogP contribution in [-0.4, -0.2) is 13.4 Å². The second-order valence-corrected chi connectivity index (χ2v) is 7.64. The topological polar surface area (TPSA) is 82.9 Å². The van der Waals surface area contributed by atoms with Gasteiger partial charge in [0.05, 0.1) is 17.3 Å². The van der Waals surface area contributed by atoms with Crippen molar-refractivity contribution >= 4 is 15.7 Å². The molecule has 26 heavy (non-hydrogen) atoms. The van der Waals surface area contributed by atoms with Crippen molar-refractivity contribution in [3.8, 4) is 17.2 Å². The predicted octanol–water partition coefficient (Wildman–Crippen LogP) is 4.04. The van der Waals surface area contributed by atoms with Crippen molar-refractivity contribution in [3.05, 3.63) is 77.6 Å². The molecule has 0 saturated carbocycles. The maximum atomic E-state index is 12.6. The number of hydrogen-bond acceptors (Lipinski definition) is 4. The van der Waals surface area contributed by atoms with Gasteiger partial charge in [-0.1, -0.05) is 24.3 Å². The fourth-order valence-electron chi connectivity index (χ4n) is 2.47. The first-order valence-corrected chi connectivity index (χ1v) is 9.44. The molecule has 6 heteroatoms. The minimum Gasteiger partial charge on any atom is -0.279 e. The lowest BCUT2D eigenvalue weighted by Crippen LogP contribution is -2.14. The van der Waals surface area contributed by atoms with Crippen molar-refractivity contribution in [2.75, 3.05) is 4.72 Å². The number of rotatable bonds is 4. The van der Waals surface area contributed by atoms with E-state index >= 15 is 0 Å². The number of sulfonamides is 1. The normalized spacial score (nSPS) is 11.0. The average Bonchev–Trinajstić information content (AvgIpc) is 2.64. The Labute approximate surface area is 153 Å². The van der Waals surface area contributed by atoms with Gasteiger partial charge in [-0.15, -0.1) is 0 Å². The molecule has 0 bridgehead atoms. The Bertz CT molecular complexity index is 1080. The fourth-order valence-corrected chi connectivity index (χ4v) is 3.53. The van der Waals surface area contributed by atoms with Crippen LogP contribution in [0.25, 0.3) is 11.1 Å². The van der Waals surface area contributed by atoms with Crippen LogP contribution < -0.4 is 4.72 Å². The quantitative estimate of drug-likeness (QED) is 0.758. The van der Waals surface area contributed by atoms with E-state index in [1.165, 1.54) is 12.3 Å². The van der Waals surface area contributed by atoms with E-state index in [0.717, 1.165) is 22.4 Å². The molecule has 0 aliphatic rings. The molecule has 130 valence electrons. The zero-order chi connectivity index (χ0) is 18.7. The third-order valence-electron chi connectivity index (χ3n) is 4.02. The minimum atomic E-state index is -3.72. The van der Waals surface area contributed by atoms with Crippen molar-refractivity contribution in [3.63, 3.8) is 0 Å². The number of aromatic nitrogens is 1. The minimum absolute atomic E-state index is 0.117. The molecule has 0 spiro atoms. The number of nitrogens with one attached hydrogen (secondary N) is 1. The smallest absolute Gasteiger partial charge is 0.263 e. The standard InChI is InChI=1S/C20H17N3O2S/c1-14-3-7-18(17-8-5-16(12-21)6-9-17)11-20(14)23-26(24,25)19-10-4-15(2)22-13-19/h3-11,13,23H,1-2H3. The highest BCUT2D eigenvalue weighted by atomic mass is 32.2. The number of aryl methyl sites for hydroxylation is 2. The van der Waals surface area contributed by atoms with Crippen molar-refractivity contribution < 1.29 is 8.42 Å². The number of nitriles is 1. The van der Waals surface area contributed by atoms with Crippen LogP contribution in [0, 0.1) is 25.2 Å². The van der Waals surface area contributed by atoms with E-state index in [0.29, 0.717) is 11.3 Å². The number of hydrogen-bond donors (Lipinski definition) is 1. The monoisotopic (exact) mass is 363 g/mol. The molecule has 2 aromatic carbocycles. The Morgan fingerprint density at radius 3 is 2.27 bits per heavy atom. The van der Waals surface area contributed by atoms with Crippen LogP contribution >= 0.6 is 0 Å². The van der Waals surface area contributed by atoms with Gasteiger partial charge in [-0.25, -0.2) is 8.42 Å². The van der Waals surface area contributed by atoms with Crippen molar-refractivity contribution in [2.24, 2.45) is 0 Å². The molecule has 3 rings (SSSR count).